The van der Waals surface area contributed by atoms with Crippen molar-refractivity contribution in [2.24, 2.45) is 5.10 Å². The molecule has 1 aromatic heterocycles. The van der Waals surface area contributed by atoms with Crippen LogP contribution in [0.1, 0.15) is 16.2 Å². The van der Waals surface area contributed by atoms with E-state index in [1.54, 1.807) is 45.6 Å². The summed E-state index contributed by atoms with van der Waals surface area (Å²) in [5.74, 6) is 1.47. The fourth-order valence-electron chi connectivity index (χ4n) is 2.51. The first-order valence-electron chi connectivity index (χ1n) is 8.67. The number of carbonyl (C=O) groups is 1. The number of amides is 1. The molecule has 0 saturated heterocycles. The van der Waals surface area contributed by atoms with Crippen molar-refractivity contribution in [3.8, 4) is 28.5 Å². The molecule has 0 aliphatic heterocycles. The van der Waals surface area contributed by atoms with Crippen molar-refractivity contribution in [1.82, 2.24) is 15.4 Å². The monoisotopic (exact) mass is 392 g/mol. The normalized spacial score (nSPS) is 10.6. The van der Waals surface area contributed by atoms with E-state index in [9.17, 15) is 4.79 Å². The van der Waals surface area contributed by atoms with Crippen molar-refractivity contribution >= 4 is 12.1 Å². The molecule has 8 nitrogen and oxygen atoms in total. The van der Waals surface area contributed by atoms with E-state index in [-0.39, 0.29) is 5.82 Å². The number of rotatable bonds is 7. The molecule has 1 heterocycles. The minimum Gasteiger partial charge on any atom is -0.497 e. The first-order valence-corrected chi connectivity index (χ1v) is 8.67. The van der Waals surface area contributed by atoms with Gasteiger partial charge in [0.25, 0.3) is 0 Å². The molecule has 0 bridgehead atoms. The third-order valence-corrected chi connectivity index (χ3v) is 4.00. The zero-order valence-corrected chi connectivity index (χ0v) is 16.2. The van der Waals surface area contributed by atoms with E-state index in [0.717, 1.165) is 11.3 Å². The van der Waals surface area contributed by atoms with Crippen LogP contribution in [0.25, 0.3) is 11.3 Å². The van der Waals surface area contributed by atoms with Crippen LogP contribution >= 0.6 is 0 Å². The minimum atomic E-state index is -0.522. The molecule has 0 unspecified atom stereocenters. The Hall–Kier alpha value is -3.94. The summed E-state index contributed by atoms with van der Waals surface area (Å²) >= 11 is 0. The topological polar surface area (TPSA) is 94.9 Å². The van der Waals surface area contributed by atoms with Gasteiger partial charge < -0.3 is 14.2 Å². The first-order chi connectivity index (χ1) is 14.1. The van der Waals surface area contributed by atoms with Gasteiger partial charge in [-0.2, -0.15) is 5.10 Å². The van der Waals surface area contributed by atoms with Crippen LogP contribution in [0.2, 0.25) is 0 Å². The second-order valence-electron chi connectivity index (χ2n) is 5.84. The molecule has 3 aromatic rings. The van der Waals surface area contributed by atoms with Crippen LogP contribution in [0.5, 0.6) is 17.2 Å². The van der Waals surface area contributed by atoms with Gasteiger partial charge in [-0.05, 0) is 42.5 Å². The Morgan fingerprint density at radius 1 is 0.931 bits per heavy atom. The van der Waals surface area contributed by atoms with Gasteiger partial charge in [-0.3, -0.25) is 4.79 Å². The number of aromatic nitrogens is 2. The molecule has 0 spiro atoms. The lowest BCUT2D eigenvalue weighted by Crippen LogP contribution is -2.20. The van der Waals surface area contributed by atoms with E-state index in [0.29, 0.717) is 22.8 Å². The van der Waals surface area contributed by atoms with Crippen molar-refractivity contribution in [2.45, 2.75) is 0 Å². The number of carbonyl (C=O) groups excluding carboxylic acids is 1. The summed E-state index contributed by atoms with van der Waals surface area (Å²) in [7, 11) is 4.72. The third-order valence-electron chi connectivity index (χ3n) is 4.00. The van der Waals surface area contributed by atoms with Gasteiger partial charge in [-0.25, -0.2) is 15.4 Å². The second kappa shape index (κ2) is 9.32. The Labute approximate surface area is 168 Å². The predicted octanol–water partition coefficient (Wildman–Crippen LogP) is 2.93. The highest BCUT2D eigenvalue weighted by Crippen LogP contribution is 2.22. The standard InChI is InChI=1S/C21H20N4O4/c1-27-16-6-4-15(5-7-16)19-8-9-22-20(24-19)21(26)25-23-13-14-10-17(28-2)12-18(11-14)29-3/h4-13H,1-3H3,(H,25,26). The molecular weight excluding hydrogens is 372 g/mol. The van der Waals surface area contributed by atoms with Gasteiger partial charge in [0.2, 0.25) is 5.82 Å². The SMILES string of the molecule is COc1ccc(-c2ccnc(C(=O)NN=Cc3cc(OC)cc(OC)c3)n2)cc1. The van der Waals surface area contributed by atoms with Crippen molar-refractivity contribution < 1.29 is 19.0 Å². The van der Waals surface area contributed by atoms with Gasteiger partial charge in [0.1, 0.15) is 17.2 Å². The number of hydrogen-bond donors (Lipinski definition) is 1. The molecule has 1 amide bonds. The van der Waals surface area contributed by atoms with Crippen molar-refractivity contribution in [3.63, 3.8) is 0 Å². The summed E-state index contributed by atoms with van der Waals surface area (Å²) in [6, 6.07) is 14.4. The number of ether oxygens (including phenoxy) is 3. The van der Waals surface area contributed by atoms with Gasteiger partial charge in [0, 0.05) is 23.4 Å². The molecule has 1 N–H and O–H groups in total. The van der Waals surface area contributed by atoms with Crippen molar-refractivity contribution in [1.29, 1.82) is 0 Å². The maximum absolute atomic E-state index is 12.3. The average Bonchev–Trinajstić information content (AvgIpc) is 2.78. The van der Waals surface area contributed by atoms with Crippen LogP contribution in [-0.2, 0) is 0 Å². The molecule has 0 atom stereocenters. The van der Waals surface area contributed by atoms with Gasteiger partial charge >= 0.3 is 5.91 Å². The fraction of sp³-hybridized carbons (Fsp3) is 0.143. The van der Waals surface area contributed by atoms with Crippen LogP contribution < -0.4 is 19.6 Å². The molecule has 3 rings (SSSR count). The predicted molar refractivity (Wildman–Crippen MR) is 109 cm³/mol. The maximum atomic E-state index is 12.3. The Balaban J connectivity index is 1.72. The van der Waals surface area contributed by atoms with E-state index in [1.165, 1.54) is 12.4 Å². The van der Waals surface area contributed by atoms with Crippen molar-refractivity contribution in [3.05, 3.63) is 66.1 Å². The number of methoxy groups -OCH3 is 3. The van der Waals surface area contributed by atoms with E-state index < -0.39 is 5.91 Å². The lowest BCUT2D eigenvalue weighted by molar-refractivity contribution is 0.0945. The molecule has 0 fully saturated rings. The van der Waals surface area contributed by atoms with Crippen LogP contribution in [-0.4, -0.2) is 43.4 Å². The highest BCUT2D eigenvalue weighted by Gasteiger charge is 2.10. The van der Waals surface area contributed by atoms with Gasteiger partial charge in [-0.1, -0.05) is 0 Å². The summed E-state index contributed by atoms with van der Waals surface area (Å²) < 4.78 is 15.6. The van der Waals surface area contributed by atoms with Crippen LogP contribution in [0.15, 0.2) is 59.8 Å². The minimum absolute atomic E-state index is 0.0127. The Kier molecular flexibility index (Phi) is 6.36. The highest BCUT2D eigenvalue weighted by atomic mass is 16.5. The number of hydrazone groups is 1. The van der Waals surface area contributed by atoms with E-state index >= 15 is 0 Å². The second-order valence-corrected chi connectivity index (χ2v) is 5.84. The maximum Gasteiger partial charge on any atom is 0.309 e. The van der Waals surface area contributed by atoms with Gasteiger partial charge in [0.15, 0.2) is 0 Å². The number of benzene rings is 2. The highest BCUT2D eigenvalue weighted by molar-refractivity contribution is 5.92. The molecule has 0 aliphatic carbocycles. The average molecular weight is 392 g/mol. The van der Waals surface area contributed by atoms with Crippen LogP contribution in [0, 0.1) is 0 Å². The largest absolute Gasteiger partial charge is 0.497 e. The van der Waals surface area contributed by atoms with Gasteiger partial charge in [-0.15, -0.1) is 0 Å². The van der Waals surface area contributed by atoms with E-state index in [4.69, 9.17) is 14.2 Å². The third kappa shape index (κ3) is 5.07. The lowest BCUT2D eigenvalue weighted by Gasteiger charge is -2.06. The van der Waals surface area contributed by atoms with Gasteiger partial charge in [0.05, 0.1) is 33.2 Å². The Bertz CT molecular complexity index is 997. The zero-order chi connectivity index (χ0) is 20.6. The molecule has 29 heavy (non-hydrogen) atoms. The number of hydrogen-bond acceptors (Lipinski definition) is 7. The molecule has 8 heteroatoms. The summed E-state index contributed by atoms with van der Waals surface area (Å²) in [5.41, 5.74) is 4.59. The molecular formula is C21H20N4O4. The Morgan fingerprint density at radius 2 is 1.59 bits per heavy atom. The quantitative estimate of drug-likeness (QED) is 0.491. The number of nitrogens with zero attached hydrogens (tertiary/aromatic N) is 3. The summed E-state index contributed by atoms with van der Waals surface area (Å²) in [4.78, 5) is 20.7. The Morgan fingerprint density at radius 3 is 2.21 bits per heavy atom. The smallest absolute Gasteiger partial charge is 0.309 e. The molecule has 0 saturated carbocycles. The van der Waals surface area contributed by atoms with Crippen LogP contribution in [0.4, 0.5) is 0 Å². The fourth-order valence-corrected chi connectivity index (χ4v) is 2.51. The summed E-state index contributed by atoms with van der Waals surface area (Å²) in [6.45, 7) is 0. The molecule has 0 radical (unpaired) electrons. The summed E-state index contributed by atoms with van der Waals surface area (Å²) in [5, 5.41) is 3.96. The number of nitrogens with one attached hydrogen (secondary N) is 1. The lowest BCUT2D eigenvalue weighted by atomic mass is 10.1. The molecule has 148 valence electrons. The summed E-state index contributed by atoms with van der Waals surface area (Å²) in [6.07, 6.45) is 3.01. The molecule has 0 aliphatic rings. The van der Waals surface area contributed by atoms with E-state index in [1.807, 2.05) is 24.3 Å². The molecule has 2 aromatic carbocycles. The van der Waals surface area contributed by atoms with E-state index in [2.05, 4.69) is 20.5 Å². The first kappa shape index (κ1) is 19.8. The van der Waals surface area contributed by atoms with Crippen molar-refractivity contribution in [2.75, 3.05) is 21.3 Å². The zero-order valence-electron chi connectivity index (χ0n) is 16.2. The van der Waals surface area contributed by atoms with Crippen LogP contribution in [0.3, 0.4) is 0 Å².